The fourth-order valence-corrected chi connectivity index (χ4v) is 5.04. The van der Waals surface area contributed by atoms with Gasteiger partial charge in [-0.05, 0) is 67.8 Å². The summed E-state index contributed by atoms with van der Waals surface area (Å²) in [5, 5.41) is 19.4. The van der Waals surface area contributed by atoms with Gasteiger partial charge in [-0.2, -0.15) is 0 Å². The first kappa shape index (κ1) is 22.8. The molecule has 0 bridgehead atoms. The van der Waals surface area contributed by atoms with E-state index in [1.807, 2.05) is 24.3 Å². The molecule has 4 aromatic rings. The summed E-state index contributed by atoms with van der Waals surface area (Å²) in [6.45, 7) is 5.08. The molecule has 4 heterocycles. The molecular weight excluding hydrogens is 458 g/mol. The summed E-state index contributed by atoms with van der Waals surface area (Å²) in [4.78, 5) is 2.32. The van der Waals surface area contributed by atoms with E-state index in [2.05, 4.69) is 45.4 Å². The van der Waals surface area contributed by atoms with Crippen LogP contribution in [0, 0.1) is 6.92 Å². The van der Waals surface area contributed by atoms with E-state index in [1.165, 1.54) is 11.1 Å². The molecule has 1 saturated heterocycles. The second-order valence-electron chi connectivity index (χ2n) is 9.46. The molecule has 2 aromatic carbocycles. The lowest BCUT2D eigenvalue weighted by Crippen LogP contribution is -2.40. The number of ether oxygens (including phenoxy) is 2. The topological polar surface area (TPSA) is 94.0 Å². The van der Waals surface area contributed by atoms with Gasteiger partial charge in [0.25, 0.3) is 5.89 Å². The fraction of sp³-hybridized carbons (Fsp3) is 0.357. The summed E-state index contributed by atoms with van der Waals surface area (Å²) in [6, 6.07) is 14.0. The lowest BCUT2D eigenvalue weighted by Gasteiger charge is -2.33. The van der Waals surface area contributed by atoms with Crippen LogP contribution in [0.4, 0.5) is 0 Å². The van der Waals surface area contributed by atoms with Crippen molar-refractivity contribution in [3.63, 3.8) is 0 Å². The van der Waals surface area contributed by atoms with Gasteiger partial charge in [0.1, 0.15) is 36.4 Å². The molecule has 186 valence electrons. The number of benzene rings is 2. The van der Waals surface area contributed by atoms with E-state index in [4.69, 9.17) is 18.3 Å². The Morgan fingerprint density at radius 2 is 2.00 bits per heavy atom. The Morgan fingerprint density at radius 1 is 1.11 bits per heavy atom. The maximum Gasteiger partial charge on any atom is 0.283 e. The summed E-state index contributed by atoms with van der Waals surface area (Å²) < 4.78 is 23.0. The summed E-state index contributed by atoms with van der Waals surface area (Å²) in [7, 11) is 0. The van der Waals surface area contributed by atoms with Gasteiger partial charge in [0, 0.05) is 25.1 Å². The zero-order valence-corrected chi connectivity index (χ0v) is 20.2. The SMILES string of the molecule is Cc1nnc(-c2cc3c(OC[C@@H](O)CN4CCC(c5ccc6c(c5)C=CCO6)CC4)cccc3o2)o1. The van der Waals surface area contributed by atoms with Crippen molar-refractivity contribution in [3.8, 4) is 23.1 Å². The van der Waals surface area contributed by atoms with Crippen LogP contribution in [-0.2, 0) is 0 Å². The molecule has 0 radical (unpaired) electrons. The molecule has 0 aliphatic carbocycles. The number of β-amino-alcohol motifs (C(OH)–C–C–N with tert-alkyl or cyclic N) is 1. The van der Waals surface area contributed by atoms with Crippen molar-refractivity contribution < 1.29 is 23.4 Å². The number of aliphatic hydroxyl groups is 1. The van der Waals surface area contributed by atoms with E-state index >= 15 is 0 Å². The van der Waals surface area contributed by atoms with Crippen molar-refractivity contribution in [1.82, 2.24) is 15.1 Å². The molecule has 2 aromatic heterocycles. The third-order valence-electron chi connectivity index (χ3n) is 6.88. The third kappa shape index (κ3) is 4.74. The molecule has 0 saturated carbocycles. The maximum atomic E-state index is 10.7. The van der Waals surface area contributed by atoms with Crippen molar-refractivity contribution in [2.75, 3.05) is 32.8 Å². The molecule has 1 fully saturated rings. The Labute approximate surface area is 209 Å². The van der Waals surface area contributed by atoms with Crippen molar-refractivity contribution in [1.29, 1.82) is 0 Å². The molecule has 2 aliphatic rings. The van der Waals surface area contributed by atoms with Crippen LogP contribution < -0.4 is 9.47 Å². The van der Waals surface area contributed by atoms with Crippen LogP contribution in [0.5, 0.6) is 11.5 Å². The molecule has 36 heavy (non-hydrogen) atoms. The lowest BCUT2D eigenvalue weighted by atomic mass is 9.88. The highest BCUT2D eigenvalue weighted by atomic mass is 16.5. The highest BCUT2D eigenvalue weighted by Crippen LogP contribution is 2.34. The molecule has 0 spiro atoms. The van der Waals surface area contributed by atoms with Gasteiger partial charge >= 0.3 is 0 Å². The van der Waals surface area contributed by atoms with E-state index in [1.54, 1.807) is 6.92 Å². The van der Waals surface area contributed by atoms with Crippen LogP contribution in [0.15, 0.2) is 57.4 Å². The number of rotatable bonds is 7. The number of nitrogens with zero attached hydrogens (tertiary/aromatic N) is 3. The van der Waals surface area contributed by atoms with Crippen molar-refractivity contribution in [3.05, 3.63) is 65.6 Å². The number of aliphatic hydroxyl groups excluding tert-OH is 1. The summed E-state index contributed by atoms with van der Waals surface area (Å²) >= 11 is 0. The lowest BCUT2D eigenvalue weighted by molar-refractivity contribution is 0.0599. The first-order valence-corrected chi connectivity index (χ1v) is 12.4. The van der Waals surface area contributed by atoms with Crippen molar-refractivity contribution in [2.24, 2.45) is 0 Å². The average Bonchev–Trinajstić information content (AvgIpc) is 3.54. The van der Waals surface area contributed by atoms with Crippen LogP contribution in [0.3, 0.4) is 0 Å². The van der Waals surface area contributed by atoms with Crippen LogP contribution in [0.2, 0.25) is 0 Å². The number of furan rings is 1. The van der Waals surface area contributed by atoms with E-state index in [0.717, 1.165) is 37.1 Å². The first-order chi connectivity index (χ1) is 17.6. The summed E-state index contributed by atoms with van der Waals surface area (Å²) in [5.41, 5.74) is 3.20. The number of aryl methyl sites for hydroxylation is 1. The summed E-state index contributed by atoms with van der Waals surface area (Å²) in [5.74, 6) is 3.45. The molecular formula is C28H29N3O5. The Kier molecular flexibility index (Phi) is 6.21. The van der Waals surface area contributed by atoms with Crippen molar-refractivity contribution >= 4 is 17.0 Å². The van der Waals surface area contributed by atoms with E-state index in [0.29, 0.717) is 47.9 Å². The first-order valence-electron chi connectivity index (χ1n) is 12.4. The smallest absolute Gasteiger partial charge is 0.283 e. The highest BCUT2D eigenvalue weighted by Gasteiger charge is 2.23. The second-order valence-corrected chi connectivity index (χ2v) is 9.46. The molecule has 8 nitrogen and oxygen atoms in total. The zero-order chi connectivity index (χ0) is 24.5. The molecule has 8 heteroatoms. The molecule has 6 rings (SSSR count). The quantitative estimate of drug-likeness (QED) is 0.397. The number of piperidine rings is 1. The van der Waals surface area contributed by atoms with Crippen LogP contribution >= 0.6 is 0 Å². The monoisotopic (exact) mass is 487 g/mol. The van der Waals surface area contributed by atoms with Crippen molar-refractivity contribution in [2.45, 2.75) is 31.8 Å². The molecule has 1 N–H and O–H groups in total. The number of hydrogen-bond acceptors (Lipinski definition) is 8. The van der Waals surface area contributed by atoms with Crippen LogP contribution in [-0.4, -0.2) is 59.2 Å². The minimum Gasteiger partial charge on any atom is -0.490 e. The Balaban J connectivity index is 1.03. The summed E-state index contributed by atoms with van der Waals surface area (Å²) in [6.07, 6.45) is 5.75. The van der Waals surface area contributed by atoms with Gasteiger partial charge in [-0.1, -0.05) is 18.2 Å². The number of hydrogen-bond donors (Lipinski definition) is 1. The zero-order valence-electron chi connectivity index (χ0n) is 20.2. The predicted octanol–water partition coefficient (Wildman–Crippen LogP) is 4.82. The molecule has 2 aliphatic heterocycles. The van der Waals surface area contributed by atoms with Gasteiger partial charge in [0.15, 0.2) is 5.76 Å². The Hall–Kier alpha value is -3.62. The molecule has 0 unspecified atom stereocenters. The second kappa shape index (κ2) is 9.79. The molecule has 1 atom stereocenters. The Morgan fingerprint density at radius 3 is 2.83 bits per heavy atom. The van der Waals surface area contributed by atoms with Crippen LogP contribution in [0.25, 0.3) is 28.7 Å². The normalized spacial score (nSPS) is 17.2. The number of aromatic nitrogens is 2. The van der Waals surface area contributed by atoms with E-state index in [9.17, 15) is 5.11 Å². The van der Waals surface area contributed by atoms with Gasteiger partial charge < -0.3 is 28.3 Å². The maximum absolute atomic E-state index is 10.7. The van der Waals surface area contributed by atoms with Gasteiger partial charge in [-0.3, -0.25) is 0 Å². The standard InChI is InChI=1S/C28H29N3O5/c1-18-29-30-28(35-18)27-15-23-25(5-2-6-26(23)36-27)34-17-22(32)16-31-11-9-19(10-12-31)20-7-8-24-21(14-20)4-3-13-33-24/h2-8,14-15,19,22,32H,9-13,16-17H2,1H3/t22-/m0/s1. The largest absolute Gasteiger partial charge is 0.490 e. The van der Waals surface area contributed by atoms with E-state index < -0.39 is 6.10 Å². The average molecular weight is 488 g/mol. The fourth-order valence-electron chi connectivity index (χ4n) is 5.04. The van der Waals surface area contributed by atoms with E-state index in [-0.39, 0.29) is 6.61 Å². The van der Waals surface area contributed by atoms with Gasteiger partial charge in [-0.15, -0.1) is 10.2 Å². The van der Waals surface area contributed by atoms with Gasteiger partial charge in [-0.25, -0.2) is 0 Å². The number of likely N-dealkylation sites (tertiary alicyclic amines) is 1. The van der Waals surface area contributed by atoms with Gasteiger partial charge in [0.05, 0.1) is 5.39 Å². The molecule has 0 amide bonds. The Bertz CT molecular complexity index is 1380. The van der Waals surface area contributed by atoms with Crippen LogP contribution in [0.1, 0.15) is 35.8 Å². The number of fused-ring (bicyclic) bond motifs is 2. The third-order valence-corrected chi connectivity index (χ3v) is 6.88. The minimum atomic E-state index is -0.590. The predicted molar refractivity (Wildman–Crippen MR) is 135 cm³/mol. The van der Waals surface area contributed by atoms with Gasteiger partial charge in [0.2, 0.25) is 5.89 Å². The highest BCUT2D eigenvalue weighted by molar-refractivity contribution is 5.87. The minimum absolute atomic E-state index is 0.205.